The van der Waals surface area contributed by atoms with Gasteiger partial charge in [0.2, 0.25) is 0 Å². The summed E-state index contributed by atoms with van der Waals surface area (Å²) in [7, 11) is 0. The van der Waals surface area contributed by atoms with Gasteiger partial charge < -0.3 is 4.90 Å². The Morgan fingerprint density at radius 2 is 1.75 bits per heavy atom. The molecule has 0 aromatic heterocycles. The lowest BCUT2D eigenvalue weighted by atomic mass is 10.1. The lowest BCUT2D eigenvalue weighted by molar-refractivity contribution is 0.0761. The molecule has 1 heterocycles. The quantitative estimate of drug-likeness (QED) is 0.861. The Morgan fingerprint density at radius 1 is 0.958 bits per heavy atom. The van der Waals surface area contributed by atoms with Gasteiger partial charge in [-0.2, -0.15) is 0 Å². The lowest BCUT2D eigenvalue weighted by Gasteiger charge is -2.23. The largest absolute Gasteiger partial charge is 0.337 e. The van der Waals surface area contributed by atoms with E-state index in [9.17, 15) is 4.79 Å². The predicted octanol–water partition coefficient (Wildman–Crippen LogP) is 3.65. The summed E-state index contributed by atoms with van der Waals surface area (Å²) in [5, 5.41) is 0. The summed E-state index contributed by atoms with van der Waals surface area (Å²) in [5.74, 6) is 0.156. The average molecular weight is 322 g/mol. The fraction of sp³-hybridized carbons (Fsp3) is 0.381. The van der Waals surface area contributed by atoms with Crippen LogP contribution in [-0.2, 0) is 6.54 Å². The third kappa shape index (κ3) is 4.04. The van der Waals surface area contributed by atoms with Gasteiger partial charge in [0.15, 0.2) is 0 Å². The first-order valence-electron chi connectivity index (χ1n) is 8.76. The van der Waals surface area contributed by atoms with Crippen molar-refractivity contribution in [2.24, 2.45) is 0 Å². The summed E-state index contributed by atoms with van der Waals surface area (Å²) in [6, 6.07) is 16.3. The van der Waals surface area contributed by atoms with Gasteiger partial charge in [-0.25, -0.2) is 0 Å². The van der Waals surface area contributed by atoms with Crippen molar-refractivity contribution in [2.45, 2.75) is 26.8 Å². The van der Waals surface area contributed by atoms with Crippen LogP contribution in [-0.4, -0.2) is 41.9 Å². The first-order chi connectivity index (χ1) is 11.6. The van der Waals surface area contributed by atoms with E-state index in [0.29, 0.717) is 0 Å². The number of hydrogen-bond donors (Lipinski definition) is 0. The van der Waals surface area contributed by atoms with Crippen LogP contribution in [0.5, 0.6) is 0 Å². The van der Waals surface area contributed by atoms with Crippen LogP contribution in [0.25, 0.3) is 0 Å². The van der Waals surface area contributed by atoms with Crippen LogP contribution in [0.3, 0.4) is 0 Å². The topological polar surface area (TPSA) is 23.6 Å². The third-order valence-electron chi connectivity index (χ3n) is 4.79. The second kappa shape index (κ2) is 7.63. The molecule has 3 rings (SSSR count). The standard InChI is InChI=1S/C21H26N2O/c1-17-9-10-20(18(2)15-17)16-22-11-6-12-23(14-13-22)21(24)19-7-4-3-5-8-19/h3-5,7-10,15H,6,11-14,16H2,1-2H3. The highest BCUT2D eigenvalue weighted by atomic mass is 16.2. The van der Waals surface area contributed by atoms with Crippen molar-refractivity contribution in [1.82, 2.24) is 9.80 Å². The van der Waals surface area contributed by atoms with E-state index in [-0.39, 0.29) is 5.91 Å². The van der Waals surface area contributed by atoms with Gasteiger partial charge in [-0.15, -0.1) is 0 Å². The van der Waals surface area contributed by atoms with Crippen LogP contribution in [0.2, 0.25) is 0 Å². The molecule has 3 nitrogen and oxygen atoms in total. The maximum Gasteiger partial charge on any atom is 0.253 e. The Balaban J connectivity index is 1.62. The van der Waals surface area contributed by atoms with Gasteiger partial charge in [0.1, 0.15) is 0 Å². The summed E-state index contributed by atoms with van der Waals surface area (Å²) in [4.78, 5) is 17.1. The smallest absolute Gasteiger partial charge is 0.253 e. The number of aryl methyl sites for hydroxylation is 2. The Labute approximate surface area is 144 Å². The van der Waals surface area contributed by atoms with E-state index < -0.39 is 0 Å². The Kier molecular flexibility index (Phi) is 5.31. The molecule has 1 aliphatic heterocycles. The van der Waals surface area contributed by atoms with Gasteiger partial charge >= 0.3 is 0 Å². The fourth-order valence-corrected chi connectivity index (χ4v) is 3.36. The third-order valence-corrected chi connectivity index (χ3v) is 4.79. The maximum absolute atomic E-state index is 12.6. The second-order valence-corrected chi connectivity index (χ2v) is 6.72. The molecular weight excluding hydrogens is 296 g/mol. The summed E-state index contributed by atoms with van der Waals surface area (Å²) in [6.45, 7) is 8.92. The van der Waals surface area contributed by atoms with Crippen LogP contribution in [0.1, 0.15) is 33.5 Å². The summed E-state index contributed by atoms with van der Waals surface area (Å²) < 4.78 is 0. The molecule has 24 heavy (non-hydrogen) atoms. The van der Waals surface area contributed by atoms with Crippen LogP contribution in [0, 0.1) is 13.8 Å². The summed E-state index contributed by atoms with van der Waals surface area (Å²) >= 11 is 0. The number of benzene rings is 2. The van der Waals surface area contributed by atoms with E-state index in [2.05, 4.69) is 36.9 Å². The van der Waals surface area contributed by atoms with E-state index in [4.69, 9.17) is 0 Å². The number of rotatable bonds is 3. The van der Waals surface area contributed by atoms with Crippen molar-refractivity contribution >= 4 is 5.91 Å². The molecule has 0 spiro atoms. The molecule has 126 valence electrons. The zero-order chi connectivity index (χ0) is 16.9. The van der Waals surface area contributed by atoms with Gasteiger partial charge in [-0.1, -0.05) is 42.0 Å². The highest BCUT2D eigenvalue weighted by molar-refractivity contribution is 5.94. The Bertz CT molecular complexity index is 696. The van der Waals surface area contributed by atoms with Crippen molar-refractivity contribution in [3.05, 3.63) is 70.8 Å². The maximum atomic E-state index is 12.6. The normalized spacial score (nSPS) is 16.0. The fourth-order valence-electron chi connectivity index (χ4n) is 3.36. The van der Waals surface area contributed by atoms with Gasteiger partial charge in [0.05, 0.1) is 0 Å². The minimum absolute atomic E-state index is 0.156. The monoisotopic (exact) mass is 322 g/mol. The van der Waals surface area contributed by atoms with Gasteiger partial charge in [-0.3, -0.25) is 9.69 Å². The zero-order valence-corrected chi connectivity index (χ0v) is 14.7. The second-order valence-electron chi connectivity index (χ2n) is 6.72. The SMILES string of the molecule is Cc1ccc(CN2CCCN(C(=O)c3ccccc3)CC2)c(C)c1. The molecule has 0 atom stereocenters. The van der Waals surface area contributed by atoms with E-state index in [0.717, 1.165) is 44.7 Å². The van der Waals surface area contributed by atoms with Crippen molar-refractivity contribution in [3.63, 3.8) is 0 Å². The first kappa shape index (κ1) is 16.7. The molecule has 0 saturated carbocycles. The molecule has 1 saturated heterocycles. The first-order valence-corrected chi connectivity index (χ1v) is 8.76. The minimum Gasteiger partial charge on any atom is -0.337 e. The van der Waals surface area contributed by atoms with E-state index in [1.54, 1.807) is 0 Å². The van der Waals surface area contributed by atoms with Gasteiger partial charge in [0, 0.05) is 38.3 Å². The predicted molar refractivity (Wildman–Crippen MR) is 98.2 cm³/mol. The molecule has 0 unspecified atom stereocenters. The van der Waals surface area contributed by atoms with Crippen LogP contribution < -0.4 is 0 Å². The van der Waals surface area contributed by atoms with Crippen molar-refractivity contribution in [1.29, 1.82) is 0 Å². The van der Waals surface area contributed by atoms with Gasteiger partial charge in [-0.05, 0) is 43.5 Å². The molecule has 1 amide bonds. The van der Waals surface area contributed by atoms with Crippen molar-refractivity contribution < 1.29 is 4.79 Å². The molecule has 0 radical (unpaired) electrons. The van der Waals surface area contributed by atoms with Crippen molar-refractivity contribution in [2.75, 3.05) is 26.2 Å². The summed E-state index contributed by atoms with van der Waals surface area (Å²) in [6.07, 6.45) is 1.03. The Hall–Kier alpha value is -2.13. The van der Waals surface area contributed by atoms with Crippen LogP contribution >= 0.6 is 0 Å². The average Bonchev–Trinajstić information content (AvgIpc) is 2.83. The van der Waals surface area contributed by atoms with Crippen molar-refractivity contribution in [3.8, 4) is 0 Å². The van der Waals surface area contributed by atoms with E-state index in [1.165, 1.54) is 16.7 Å². The lowest BCUT2D eigenvalue weighted by Crippen LogP contribution is -2.35. The molecule has 1 fully saturated rings. The van der Waals surface area contributed by atoms with E-state index >= 15 is 0 Å². The number of carbonyl (C=O) groups is 1. The molecule has 0 aliphatic carbocycles. The number of nitrogens with zero attached hydrogens (tertiary/aromatic N) is 2. The molecule has 0 N–H and O–H groups in total. The number of hydrogen-bond acceptors (Lipinski definition) is 2. The Morgan fingerprint density at radius 3 is 2.50 bits per heavy atom. The highest BCUT2D eigenvalue weighted by Crippen LogP contribution is 2.15. The zero-order valence-electron chi connectivity index (χ0n) is 14.7. The number of carbonyl (C=O) groups excluding carboxylic acids is 1. The highest BCUT2D eigenvalue weighted by Gasteiger charge is 2.20. The van der Waals surface area contributed by atoms with E-state index in [1.807, 2.05) is 35.2 Å². The summed E-state index contributed by atoms with van der Waals surface area (Å²) in [5.41, 5.74) is 4.85. The molecule has 2 aromatic rings. The molecule has 3 heteroatoms. The molecular formula is C21H26N2O. The molecule has 2 aromatic carbocycles. The van der Waals surface area contributed by atoms with Crippen LogP contribution in [0.15, 0.2) is 48.5 Å². The number of amides is 1. The molecule has 0 bridgehead atoms. The van der Waals surface area contributed by atoms with Crippen LogP contribution in [0.4, 0.5) is 0 Å². The molecule has 1 aliphatic rings. The minimum atomic E-state index is 0.156. The van der Waals surface area contributed by atoms with Gasteiger partial charge in [0.25, 0.3) is 5.91 Å².